The minimum Gasteiger partial charge on any atom is -0.329 e. The first-order valence-electron chi connectivity index (χ1n) is 7.07. The molecule has 0 aliphatic carbocycles. The predicted molar refractivity (Wildman–Crippen MR) is 82.1 cm³/mol. The van der Waals surface area contributed by atoms with E-state index in [0.717, 1.165) is 13.0 Å². The van der Waals surface area contributed by atoms with Gasteiger partial charge in [0.2, 0.25) is 0 Å². The Balaban J connectivity index is 2.84. The molecule has 0 radical (unpaired) electrons. The fourth-order valence-corrected chi connectivity index (χ4v) is 3.46. The van der Waals surface area contributed by atoms with E-state index < -0.39 is 0 Å². The van der Waals surface area contributed by atoms with Crippen LogP contribution >= 0.6 is 11.3 Å². The van der Waals surface area contributed by atoms with E-state index in [1.807, 2.05) is 11.3 Å². The van der Waals surface area contributed by atoms with E-state index in [1.165, 1.54) is 24.1 Å². The lowest BCUT2D eigenvalue weighted by atomic mass is 9.87. The molecule has 1 aromatic rings. The highest BCUT2D eigenvalue weighted by Gasteiger charge is 2.34. The molecule has 104 valence electrons. The average molecular weight is 268 g/mol. The Kier molecular flexibility index (Phi) is 6.33. The fraction of sp³-hybridized carbons (Fsp3) is 0.733. The van der Waals surface area contributed by atoms with Crippen LogP contribution in [-0.4, -0.2) is 24.0 Å². The zero-order chi connectivity index (χ0) is 13.6. The molecule has 0 bridgehead atoms. The van der Waals surface area contributed by atoms with Crippen molar-refractivity contribution >= 4 is 11.3 Å². The van der Waals surface area contributed by atoms with Gasteiger partial charge in [0.25, 0.3) is 0 Å². The Hall–Kier alpha value is -0.380. The SMILES string of the molecule is CCCCC(CC)(CN)N(C)C(C)c1cccs1. The molecule has 0 aliphatic rings. The summed E-state index contributed by atoms with van der Waals surface area (Å²) in [5.41, 5.74) is 6.27. The Bertz CT molecular complexity index is 317. The third-order valence-corrected chi connectivity index (χ3v) is 5.36. The highest BCUT2D eigenvalue weighted by atomic mass is 32.1. The fourth-order valence-electron chi connectivity index (χ4n) is 2.63. The summed E-state index contributed by atoms with van der Waals surface area (Å²) in [7, 11) is 2.23. The summed E-state index contributed by atoms with van der Waals surface area (Å²) in [6, 6.07) is 4.81. The smallest absolute Gasteiger partial charge is 0.0416 e. The van der Waals surface area contributed by atoms with Gasteiger partial charge in [0.15, 0.2) is 0 Å². The van der Waals surface area contributed by atoms with Crippen LogP contribution in [0.25, 0.3) is 0 Å². The molecule has 0 amide bonds. The summed E-state index contributed by atoms with van der Waals surface area (Å²) in [4.78, 5) is 3.93. The lowest BCUT2D eigenvalue weighted by molar-refractivity contribution is 0.0708. The van der Waals surface area contributed by atoms with Gasteiger partial charge in [0.1, 0.15) is 0 Å². The van der Waals surface area contributed by atoms with E-state index in [0.29, 0.717) is 6.04 Å². The standard InChI is InChI=1S/C15H28N2S/c1-5-7-10-15(6-2,12-16)17(4)13(3)14-9-8-11-18-14/h8-9,11,13H,5-7,10,12,16H2,1-4H3. The molecule has 0 saturated heterocycles. The molecule has 0 aliphatic heterocycles. The van der Waals surface area contributed by atoms with Crippen LogP contribution in [0.1, 0.15) is 57.4 Å². The molecular weight excluding hydrogens is 240 g/mol. The molecule has 18 heavy (non-hydrogen) atoms. The number of nitrogens with two attached hydrogens (primary N) is 1. The maximum absolute atomic E-state index is 6.11. The van der Waals surface area contributed by atoms with Crippen LogP contribution < -0.4 is 5.73 Å². The average Bonchev–Trinajstić information content (AvgIpc) is 2.93. The van der Waals surface area contributed by atoms with Crippen LogP contribution in [-0.2, 0) is 0 Å². The molecule has 0 aromatic carbocycles. The zero-order valence-electron chi connectivity index (χ0n) is 12.3. The molecule has 2 atom stereocenters. The van der Waals surface area contributed by atoms with E-state index in [1.54, 1.807) is 0 Å². The largest absolute Gasteiger partial charge is 0.329 e. The van der Waals surface area contributed by atoms with E-state index >= 15 is 0 Å². The molecule has 2 unspecified atom stereocenters. The second kappa shape index (κ2) is 7.27. The minimum absolute atomic E-state index is 0.152. The van der Waals surface area contributed by atoms with Crippen molar-refractivity contribution in [3.8, 4) is 0 Å². The Morgan fingerprint density at radius 2 is 2.17 bits per heavy atom. The van der Waals surface area contributed by atoms with Crippen molar-refractivity contribution in [2.75, 3.05) is 13.6 Å². The number of likely N-dealkylation sites (N-methyl/N-ethyl adjacent to an activating group) is 1. The lowest BCUT2D eigenvalue weighted by Gasteiger charge is -2.44. The Morgan fingerprint density at radius 1 is 1.44 bits per heavy atom. The maximum atomic E-state index is 6.11. The van der Waals surface area contributed by atoms with Gasteiger partial charge in [-0.05, 0) is 38.3 Å². The first-order chi connectivity index (χ1) is 8.61. The number of hydrogen-bond acceptors (Lipinski definition) is 3. The van der Waals surface area contributed by atoms with Gasteiger partial charge in [0, 0.05) is 23.0 Å². The lowest BCUT2D eigenvalue weighted by Crippen LogP contribution is -2.52. The van der Waals surface area contributed by atoms with E-state index in [-0.39, 0.29) is 5.54 Å². The Labute approximate surface area is 116 Å². The quantitative estimate of drug-likeness (QED) is 0.771. The van der Waals surface area contributed by atoms with E-state index in [2.05, 4.69) is 50.2 Å². The van der Waals surface area contributed by atoms with E-state index in [4.69, 9.17) is 5.73 Å². The third-order valence-electron chi connectivity index (χ3n) is 4.32. The van der Waals surface area contributed by atoms with Gasteiger partial charge in [-0.3, -0.25) is 4.90 Å². The van der Waals surface area contributed by atoms with Gasteiger partial charge < -0.3 is 5.73 Å². The van der Waals surface area contributed by atoms with Crippen LogP contribution in [0.3, 0.4) is 0 Å². The molecule has 1 rings (SSSR count). The van der Waals surface area contributed by atoms with Gasteiger partial charge in [-0.15, -0.1) is 11.3 Å². The van der Waals surface area contributed by atoms with Gasteiger partial charge in [-0.2, -0.15) is 0 Å². The maximum Gasteiger partial charge on any atom is 0.0416 e. The summed E-state index contributed by atoms with van der Waals surface area (Å²) in [6.45, 7) is 7.55. The molecule has 1 heterocycles. The summed E-state index contributed by atoms with van der Waals surface area (Å²) in [5, 5.41) is 2.15. The van der Waals surface area contributed by atoms with Gasteiger partial charge >= 0.3 is 0 Å². The van der Waals surface area contributed by atoms with Gasteiger partial charge in [0.05, 0.1) is 0 Å². The molecule has 0 spiro atoms. The van der Waals surface area contributed by atoms with Crippen molar-refractivity contribution in [3.05, 3.63) is 22.4 Å². The van der Waals surface area contributed by atoms with Crippen molar-refractivity contribution < 1.29 is 0 Å². The summed E-state index contributed by atoms with van der Waals surface area (Å²) in [5.74, 6) is 0. The zero-order valence-corrected chi connectivity index (χ0v) is 13.1. The van der Waals surface area contributed by atoms with Crippen LogP contribution in [0, 0.1) is 0 Å². The third kappa shape index (κ3) is 3.34. The molecule has 0 fully saturated rings. The number of nitrogens with zero attached hydrogens (tertiary/aromatic N) is 1. The van der Waals surface area contributed by atoms with Crippen molar-refractivity contribution in [1.82, 2.24) is 4.90 Å². The summed E-state index contributed by atoms with van der Waals surface area (Å²) < 4.78 is 0. The molecule has 0 saturated carbocycles. The van der Waals surface area contributed by atoms with Crippen molar-refractivity contribution in [1.29, 1.82) is 0 Å². The van der Waals surface area contributed by atoms with Crippen molar-refractivity contribution in [3.63, 3.8) is 0 Å². The van der Waals surface area contributed by atoms with Gasteiger partial charge in [-0.25, -0.2) is 0 Å². The molecule has 3 heteroatoms. The number of hydrogen-bond donors (Lipinski definition) is 1. The van der Waals surface area contributed by atoms with Crippen molar-refractivity contribution in [2.45, 2.75) is 58.0 Å². The highest BCUT2D eigenvalue weighted by Crippen LogP contribution is 2.33. The molecule has 1 aromatic heterocycles. The van der Waals surface area contributed by atoms with Crippen molar-refractivity contribution in [2.24, 2.45) is 5.73 Å². The second-order valence-electron chi connectivity index (χ2n) is 5.19. The summed E-state index contributed by atoms with van der Waals surface area (Å²) in [6.07, 6.45) is 4.81. The predicted octanol–water partition coefficient (Wildman–Crippen LogP) is 4.04. The van der Waals surface area contributed by atoms with Gasteiger partial charge in [-0.1, -0.05) is 32.8 Å². The van der Waals surface area contributed by atoms with Crippen LogP contribution in [0.2, 0.25) is 0 Å². The Morgan fingerprint density at radius 3 is 2.61 bits per heavy atom. The molecule has 2 N–H and O–H groups in total. The topological polar surface area (TPSA) is 29.3 Å². The highest BCUT2D eigenvalue weighted by molar-refractivity contribution is 7.10. The molecule has 2 nitrogen and oxygen atoms in total. The summed E-state index contributed by atoms with van der Waals surface area (Å²) >= 11 is 1.84. The minimum atomic E-state index is 0.152. The number of unbranched alkanes of at least 4 members (excludes halogenated alkanes) is 1. The number of thiophene rings is 1. The normalized spacial score (nSPS) is 16.8. The second-order valence-corrected chi connectivity index (χ2v) is 6.17. The first-order valence-corrected chi connectivity index (χ1v) is 7.95. The van der Waals surface area contributed by atoms with Crippen LogP contribution in [0.5, 0.6) is 0 Å². The van der Waals surface area contributed by atoms with Crippen LogP contribution in [0.4, 0.5) is 0 Å². The molecular formula is C15H28N2S. The van der Waals surface area contributed by atoms with Crippen LogP contribution in [0.15, 0.2) is 17.5 Å². The first kappa shape index (κ1) is 15.7. The van der Waals surface area contributed by atoms with E-state index in [9.17, 15) is 0 Å². The monoisotopic (exact) mass is 268 g/mol. The number of rotatable bonds is 8.